The summed E-state index contributed by atoms with van der Waals surface area (Å²) in [5.41, 5.74) is 5.58. The van der Waals surface area contributed by atoms with Crippen molar-refractivity contribution in [1.29, 1.82) is 0 Å². The molecule has 0 aromatic heterocycles. The van der Waals surface area contributed by atoms with E-state index in [9.17, 15) is 19.5 Å². The molecular weight excluding hydrogens is 550 g/mol. The van der Waals surface area contributed by atoms with E-state index in [1.54, 1.807) is 0 Å². The summed E-state index contributed by atoms with van der Waals surface area (Å²) in [7, 11) is 0. The van der Waals surface area contributed by atoms with Crippen LogP contribution < -0.4 is 11.1 Å². The first-order chi connectivity index (χ1) is 21.4. The number of primary amides is 1. The lowest BCUT2D eigenvalue weighted by Crippen LogP contribution is -2.48. The summed E-state index contributed by atoms with van der Waals surface area (Å²) in [5, 5.41) is 12.7. The van der Waals surface area contributed by atoms with Crippen molar-refractivity contribution in [1.82, 2.24) is 10.2 Å². The quantitative estimate of drug-likeness (QED) is 0.0619. The van der Waals surface area contributed by atoms with E-state index in [1.165, 1.54) is 133 Å². The molecule has 0 heterocycles. The highest BCUT2D eigenvalue weighted by Crippen LogP contribution is 2.16. The molecule has 1 atom stereocenters. The highest BCUT2D eigenvalue weighted by atomic mass is 16.4. The van der Waals surface area contributed by atoms with Gasteiger partial charge in [0.2, 0.25) is 5.91 Å². The molecule has 0 bridgehead atoms. The SMILES string of the molecule is CCCCCCCCCCCCCCCCCCN(C(N)=O)[C@@H](CCCCNC(=O)CCCCCCCCCCC)C(=O)O. The molecule has 0 aromatic carbocycles. The number of hydrogen-bond acceptors (Lipinski definition) is 3. The van der Waals surface area contributed by atoms with Gasteiger partial charge in [0.15, 0.2) is 0 Å². The molecule has 0 aliphatic carbocycles. The van der Waals surface area contributed by atoms with Gasteiger partial charge in [0.1, 0.15) is 6.04 Å². The zero-order chi connectivity index (χ0) is 32.5. The number of nitrogens with two attached hydrogens (primary N) is 1. The normalized spacial score (nSPS) is 11.9. The molecule has 0 unspecified atom stereocenters. The molecule has 7 nitrogen and oxygen atoms in total. The molecule has 0 aliphatic heterocycles. The monoisotopic (exact) mass is 624 g/mol. The zero-order valence-electron chi connectivity index (χ0n) is 29.2. The molecule has 0 radical (unpaired) electrons. The van der Waals surface area contributed by atoms with Crippen LogP contribution in [-0.2, 0) is 9.59 Å². The van der Waals surface area contributed by atoms with Crippen LogP contribution in [0.2, 0.25) is 0 Å². The fourth-order valence-corrected chi connectivity index (χ4v) is 6.04. The average molecular weight is 624 g/mol. The maximum Gasteiger partial charge on any atom is 0.326 e. The molecule has 0 spiro atoms. The van der Waals surface area contributed by atoms with Gasteiger partial charge in [0, 0.05) is 19.5 Å². The Morgan fingerprint density at radius 2 is 0.955 bits per heavy atom. The molecule has 260 valence electrons. The van der Waals surface area contributed by atoms with Crippen LogP contribution in [0.1, 0.15) is 200 Å². The van der Waals surface area contributed by atoms with Crippen LogP contribution in [0.4, 0.5) is 4.79 Å². The maximum absolute atomic E-state index is 12.1. The minimum absolute atomic E-state index is 0.0741. The van der Waals surface area contributed by atoms with Gasteiger partial charge in [0.05, 0.1) is 0 Å². The lowest BCUT2D eigenvalue weighted by atomic mass is 10.0. The van der Waals surface area contributed by atoms with Crippen molar-refractivity contribution in [2.45, 2.75) is 206 Å². The van der Waals surface area contributed by atoms with Gasteiger partial charge in [-0.25, -0.2) is 9.59 Å². The second kappa shape index (κ2) is 32.6. The Labute approximate surface area is 272 Å². The van der Waals surface area contributed by atoms with Crippen molar-refractivity contribution in [3.05, 3.63) is 0 Å². The van der Waals surface area contributed by atoms with Crippen LogP contribution in [0.25, 0.3) is 0 Å². The molecule has 7 heteroatoms. The lowest BCUT2D eigenvalue weighted by Gasteiger charge is -2.27. The van der Waals surface area contributed by atoms with Gasteiger partial charge in [0.25, 0.3) is 0 Å². The summed E-state index contributed by atoms with van der Waals surface area (Å²) < 4.78 is 0. The Bertz CT molecular complexity index is 673. The molecule has 4 N–H and O–H groups in total. The van der Waals surface area contributed by atoms with E-state index < -0.39 is 18.0 Å². The number of amides is 3. The van der Waals surface area contributed by atoms with Gasteiger partial charge in [-0.3, -0.25) is 4.79 Å². The first-order valence-electron chi connectivity index (χ1n) is 19.0. The van der Waals surface area contributed by atoms with Crippen LogP contribution in [0.15, 0.2) is 0 Å². The van der Waals surface area contributed by atoms with E-state index in [-0.39, 0.29) is 5.91 Å². The maximum atomic E-state index is 12.1. The smallest absolute Gasteiger partial charge is 0.326 e. The first-order valence-corrected chi connectivity index (χ1v) is 19.0. The van der Waals surface area contributed by atoms with Gasteiger partial charge in [-0.1, -0.05) is 162 Å². The van der Waals surface area contributed by atoms with E-state index in [4.69, 9.17) is 5.73 Å². The summed E-state index contributed by atoms with van der Waals surface area (Å²) in [6.07, 6.45) is 33.7. The Hall–Kier alpha value is -1.79. The summed E-state index contributed by atoms with van der Waals surface area (Å²) in [6.45, 7) is 5.43. The number of nitrogens with zero attached hydrogens (tertiary/aromatic N) is 1. The predicted octanol–water partition coefficient (Wildman–Crippen LogP) is 10.3. The molecule has 44 heavy (non-hydrogen) atoms. The fraction of sp³-hybridized carbons (Fsp3) is 0.919. The molecule has 0 saturated heterocycles. The molecule has 0 rings (SSSR count). The van der Waals surface area contributed by atoms with Crippen LogP contribution in [0, 0.1) is 0 Å². The number of aliphatic carboxylic acids is 1. The predicted molar refractivity (Wildman–Crippen MR) is 186 cm³/mol. The van der Waals surface area contributed by atoms with Gasteiger partial charge < -0.3 is 21.1 Å². The van der Waals surface area contributed by atoms with Crippen LogP contribution in [-0.4, -0.2) is 47.0 Å². The highest BCUT2D eigenvalue weighted by molar-refractivity contribution is 5.81. The number of hydrogen-bond donors (Lipinski definition) is 3. The number of carbonyl (C=O) groups excluding carboxylic acids is 2. The lowest BCUT2D eigenvalue weighted by molar-refractivity contribution is -0.142. The van der Waals surface area contributed by atoms with Gasteiger partial charge in [-0.2, -0.15) is 0 Å². The van der Waals surface area contributed by atoms with Gasteiger partial charge >= 0.3 is 12.0 Å². The van der Waals surface area contributed by atoms with E-state index in [2.05, 4.69) is 19.2 Å². The van der Waals surface area contributed by atoms with Crippen molar-refractivity contribution < 1.29 is 19.5 Å². The first kappa shape index (κ1) is 42.2. The minimum atomic E-state index is -1.00. The van der Waals surface area contributed by atoms with Crippen molar-refractivity contribution in [2.75, 3.05) is 13.1 Å². The third-order valence-corrected chi connectivity index (χ3v) is 8.93. The Morgan fingerprint density at radius 1 is 0.568 bits per heavy atom. The summed E-state index contributed by atoms with van der Waals surface area (Å²) in [5.74, 6) is -0.931. The van der Waals surface area contributed by atoms with Crippen LogP contribution in [0.3, 0.4) is 0 Å². The Kier molecular flexibility index (Phi) is 31.3. The number of carboxylic acids is 1. The summed E-state index contributed by atoms with van der Waals surface area (Å²) in [6, 6.07) is -1.56. The second-order valence-corrected chi connectivity index (χ2v) is 13.1. The Balaban J connectivity index is 3.87. The van der Waals surface area contributed by atoms with Crippen LogP contribution >= 0.6 is 0 Å². The minimum Gasteiger partial charge on any atom is -0.480 e. The van der Waals surface area contributed by atoms with Crippen molar-refractivity contribution in [3.8, 4) is 0 Å². The number of unbranched alkanes of at least 4 members (excludes halogenated alkanes) is 24. The van der Waals surface area contributed by atoms with Crippen LogP contribution in [0.5, 0.6) is 0 Å². The zero-order valence-corrected chi connectivity index (χ0v) is 29.2. The van der Waals surface area contributed by atoms with E-state index >= 15 is 0 Å². The van der Waals surface area contributed by atoms with Crippen molar-refractivity contribution in [3.63, 3.8) is 0 Å². The fourth-order valence-electron chi connectivity index (χ4n) is 6.04. The van der Waals surface area contributed by atoms with E-state index in [1.807, 2.05) is 0 Å². The van der Waals surface area contributed by atoms with Crippen molar-refractivity contribution >= 4 is 17.9 Å². The van der Waals surface area contributed by atoms with E-state index in [0.717, 1.165) is 32.1 Å². The molecule has 0 aromatic rings. The number of carbonyl (C=O) groups is 3. The second-order valence-electron chi connectivity index (χ2n) is 13.1. The third kappa shape index (κ3) is 27.7. The molecular formula is C37H73N3O4. The molecule has 0 fully saturated rings. The van der Waals surface area contributed by atoms with Gasteiger partial charge in [-0.15, -0.1) is 0 Å². The van der Waals surface area contributed by atoms with Crippen molar-refractivity contribution in [2.24, 2.45) is 5.73 Å². The third-order valence-electron chi connectivity index (χ3n) is 8.93. The van der Waals surface area contributed by atoms with Gasteiger partial charge in [-0.05, 0) is 32.1 Å². The summed E-state index contributed by atoms with van der Waals surface area (Å²) >= 11 is 0. The molecule has 3 amide bonds. The number of carboxylic acid groups (broad SMARTS) is 1. The number of urea groups is 1. The Morgan fingerprint density at radius 3 is 1.34 bits per heavy atom. The average Bonchev–Trinajstić information content (AvgIpc) is 3.00. The molecule has 0 saturated carbocycles. The standard InChI is InChI=1S/C37H73N3O4/c1-3-5-7-9-11-13-14-15-16-17-18-19-21-23-25-29-33-40(37(38)44)34(36(42)43)30-27-28-32-39-35(41)31-26-24-22-20-12-10-8-6-4-2/h34H,3-33H2,1-2H3,(H2,38,44)(H,39,41)(H,42,43)/t34-/m0/s1. The van der Waals surface area contributed by atoms with E-state index in [0.29, 0.717) is 38.8 Å². The topological polar surface area (TPSA) is 113 Å². The highest BCUT2D eigenvalue weighted by Gasteiger charge is 2.27. The summed E-state index contributed by atoms with van der Waals surface area (Å²) in [4.78, 5) is 37.4. The molecule has 0 aliphatic rings. The number of rotatable bonds is 34. The largest absolute Gasteiger partial charge is 0.480 e. The number of nitrogens with one attached hydrogen (secondary N) is 1.